The number of hydrogen-bond acceptors (Lipinski definition) is 3. The van der Waals surface area contributed by atoms with Crippen molar-refractivity contribution in [2.75, 3.05) is 13.1 Å². The smallest absolute Gasteiger partial charge is 0.416 e. The Morgan fingerprint density at radius 3 is 2.63 bits per heavy atom. The number of pyridine rings is 1. The highest BCUT2D eigenvalue weighted by atomic mass is 19.4. The second-order valence-electron chi connectivity index (χ2n) is 7.38. The Labute approximate surface area is 172 Å². The van der Waals surface area contributed by atoms with Crippen molar-refractivity contribution in [2.45, 2.75) is 19.1 Å². The normalized spacial score (nSPS) is 15.6. The average Bonchev–Trinajstić information content (AvgIpc) is 2.73. The first-order chi connectivity index (χ1) is 14.4. The van der Waals surface area contributed by atoms with Gasteiger partial charge in [0.25, 0.3) is 0 Å². The van der Waals surface area contributed by atoms with Crippen LogP contribution in [0.5, 0.6) is 5.75 Å². The van der Waals surface area contributed by atoms with Crippen molar-refractivity contribution >= 4 is 17.0 Å². The third-order valence-electron chi connectivity index (χ3n) is 5.18. The van der Waals surface area contributed by atoms with Crippen LogP contribution in [0.15, 0.2) is 72.3 Å². The summed E-state index contributed by atoms with van der Waals surface area (Å²) in [5, 5.41) is 10.8. The van der Waals surface area contributed by atoms with E-state index in [1.807, 2.05) is 30.4 Å². The van der Waals surface area contributed by atoms with Gasteiger partial charge in [-0.1, -0.05) is 48.6 Å². The molecule has 3 aromatic rings. The number of rotatable bonds is 4. The lowest BCUT2D eigenvalue weighted by atomic mass is 10.1. The molecule has 1 N–H and O–H groups in total. The van der Waals surface area contributed by atoms with Crippen molar-refractivity contribution in [1.82, 2.24) is 9.88 Å². The molecule has 0 fully saturated rings. The SMILES string of the molecule is Oc1cccc2ccc(/C=C/C3=CCN(Cc4cccc(C(F)(F)F)c4)CC3)nc12. The zero-order valence-corrected chi connectivity index (χ0v) is 16.2. The van der Waals surface area contributed by atoms with Gasteiger partial charge in [0, 0.05) is 25.0 Å². The van der Waals surface area contributed by atoms with Gasteiger partial charge >= 0.3 is 6.18 Å². The number of fused-ring (bicyclic) bond motifs is 1. The predicted molar refractivity (Wildman–Crippen MR) is 112 cm³/mol. The molecule has 0 spiro atoms. The van der Waals surface area contributed by atoms with Crippen molar-refractivity contribution in [3.05, 3.63) is 89.1 Å². The average molecular weight is 410 g/mol. The summed E-state index contributed by atoms with van der Waals surface area (Å²) < 4.78 is 38.6. The van der Waals surface area contributed by atoms with Gasteiger partial charge < -0.3 is 5.11 Å². The van der Waals surface area contributed by atoms with E-state index in [1.54, 1.807) is 18.2 Å². The highest BCUT2D eigenvalue weighted by Gasteiger charge is 2.30. The molecule has 4 rings (SSSR count). The lowest BCUT2D eigenvalue weighted by Crippen LogP contribution is -2.28. The van der Waals surface area contributed by atoms with Crippen LogP contribution in [-0.2, 0) is 12.7 Å². The summed E-state index contributed by atoms with van der Waals surface area (Å²) in [6.45, 7) is 1.95. The van der Waals surface area contributed by atoms with Crippen LogP contribution in [0.2, 0.25) is 0 Å². The summed E-state index contributed by atoms with van der Waals surface area (Å²) >= 11 is 0. The second kappa shape index (κ2) is 8.32. The number of aromatic nitrogens is 1. The quantitative estimate of drug-likeness (QED) is 0.590. The number of aromatic hydroxyl groups is 1. The van der Waals surface area contributed by atoms with Crippen LogP contribution in [0.3, 0.4) is 0 Å². The fourth-order valence-corrected chi connectivity index (χ4v) is 3.56. The van der Waals surface area contributed by atoms with E-state index in [1.165, 1.54) is 12.1 Å². The number of phenols is 1. The van der Waals surface area contributed by atoms with Crippen molar-refractivity contribution in [1.29, 1.82) is 0 Å². The number of hydrogen-bond donors (Lipinski definition) is 1. The minimum absolute atomic E-state index is 0.157. The predicted octanol–water partition coefficient (Wildman–Crippen LogP) is 5.80. The van der Waals surface area contributed by atoms with Gasteiger partial charge in [-0.3, -0.25) is 4.90 Å². The number of allylic oxidation sites excluding steroid dienone is 1. The minimum Gasteiger partial charge on any atom is -0.506 e. The molecule has 0 amide bonds. The number of benzene rings is 2. The molecule has 0 unspecified atom stereocenters. The molecule has 1 aromatic heterocycles. The monoisotopic (exact) mass is 410 g/mol. The van der Waals surface area contributed by atoms with Gasteiger partial charge in [-0.2, -0.15) is 13.2 Å². The maximum Gasteiger partial charge on any atom is 0.416 e. The lowest BCUT2D eigenvalue weighted by Gasteiger charge is -2.25. The van der Waals surface area contributed by atoms with Gasteiger partial charge in [-0.05, 0) is 41.8 Å². The summed E-state index contributed by atoms with van der Waals surface area (Å²) in [4.78, 5) is 6.62. The van der Waals surface area contributed by atoms with Crippen molar-refractivity contribution in [2.24, 2.45) is 0 Å². The molecular formula is C24H21F3N2O. The third kappa shape index (κ3) is 4.71. The molecule has 0 radical (unpaired) electrons. The summed E-state index contributed by atoms with van der Waals surface area (Å²) in [5.74, 6) is 0.157. The topological polar surface area (TPSA) is 36.4 Å². The highest BCUT2D eigenvalue weighted by molar-refractivity contribution is 5.85. The van der Waals surface area contributed by atoms with Gasteiger partial charge in [0.1, 0.15) is 11.3 Å². The first-order valence-corrected chi connectivity index (χ1v) is 9.73. The number of phenolic OH excluding ortho intramolecular Hbond substituents is 1. The largest absolute Gasteiger partial charge is 0.506 e. The van der Waals surface area contributed by atoms with Crippen LogP contribution in [0.25, 0.3) is 17.0 Å². The van der Waals surface area contributed by atoms with E-state index in [2.05, 4.69) is 16.0 Å². The van der Waals surface area contributed by atoms with Crippen molar-refractivity contribution in [3.8, 4) is 5.75 Å². The van der Waals surface area contributed by atoms with E-state index in [0.717, 1.165) is 35.7 Å². The standard InChI is InChI=1S/C24H21F3N2O/c25-24(26,27)20-5-1-3-18(15-20)16-29-13-11-17(12-14-29)7-9-21-10-8-19-4-2-6-22(30)23(19)28-21/h1-11,15,30H,12-14,16H2/b9-7+. The summed E-state index contributed by atoms with van der Waals surface area (Å²) in [6, 6.07) is 14.6. The van der Waals surface area contributed by atoms with Crippen LogP contribution >= 0.6 is 0 Å². The molecule has 6 heteroatoms. The maximum absolute atomic E-state index is 12.9. The molecule has 1 aliphatic rings. The molecule has 0 saturated heterocycles. The zero-order chi connectivity index (χ0) is 21.1. The Kier molecular flexibility index (Phi) is 5.59. The summed E-state index contributed by atoms with van der Waals surface area (Å²) in [5.41, 5.74) is 2.55. The molecule has 0 atom stereocenters. The van der Waals surface area contributed by atoms with Gasteiger partial charge in [-0.25, -0.2) is 4.98 Å². The van der Waals surface area contributed by atoms with Crippen LogP contribution in [0, 0.1) is 0 Å². The fourth-order valence-electron chi connectivity index (χ4n) is 3.56. The number of halogens is 3. The zero-order valence-electron chi connectivity index (χ0n) is 16.2. The van der Waals surface area contributed by atoms with Gasteiger partial charge in [0.05, 0.1) is 11.3 Å². The Bertz CT molecular complexity index is 1120. The summed E-state index contributed by atoms with van der Waals surface area (Å²) in [6.07, 6.45) is 2.51. The molecule has 0 aliphatic carbocycles. The van der Waals surface area contributed by atoms with Gasteiger partial charge in [-0.15, -0.1) is 0 Å². The molecule has 0 bridgehead atoms. The Hall–Kier alpha value is -3.12. The molecule has 2 aromatic carbocycles. The fraction of sp³-hybridized carbons (Fsp3) is 0.208. The summed E-state index contributed by atoms with van der Waals surface area (Å²) in [7, 11) is 0. The van der Waals surface area contributed by atoms with Crippen LogP contribution in [0.1, 0.15) is 23.2 Å². The first kappa shape index (κ1) is 20.2. The van der Waals surface area contributed by atoms with E-state index >= 15 is 0 Å². The van der Waals surface area contributed by atoms with Crippen molar-refractivity contribution in [3.63, 3.8) is 0 Å². The van der Waals surface area contributed by atoms with Gasteiger partial charge in [0.15, 0.2) is 0 Å². The molecular weight excluding hydrogens is 389 g/mol. The number of nitrogens with zero attached hydrogens (tertiary/aromatic N) is 2. The molecule has 0 saturated carbocycles. The van der Waals surface area contributed by atoms with Crippen LogP contribution in [0.4, 0.5) is 13.2 Å². The molecule has 3 nitrogen and oxygen atoms in total. The molecule has 30 heavy (non-hydrogen) atoms. The van der Waals surface area contributed by atoms with E-state index in [4.69, 9.17) is 0 Å². The Balaban J connectivity index is 1.40. The van der Waals surface area contributed by atoms with Crippen LogP contribution < -0.4 is 0 Å². The highest BCUT2D eigenvalue weighted by Crippen LogP contribution is 2.30. The first-order valence-electron chi connectivity index (χ1n) is 9.73. The Morgan fingerprint density at radius 2 is 1.87 bits per heavy atom. The van der Waals surface area contributed by atoms with Gasteiger partial charge in [0.2, 0.25) is 0 Å². The van der Waals surface area contributed by atoms with E-state index in [9.17, 15) is 18.3 Å². The molecule has 1 aliphatic heterocycles. The number of para-hydroxylation sites is 1. The van der Waals surface area contributed by atoms with E-state index in [-0.39, 0.29) is 5.75 Å². The third-order valence-corrected chi connectivity index (χ3v) is 5.18. The van der Waals surface area contributed by atoms with Crippen molar-refractivity contribution < 1.29 is 18.3 Å². The molecule has 2 heterocycles. The van der Waals surface area contributed by atoms with Crippen LogP contribution in [-0.4, -0.2) is 28.1 Å². The molecule has 154 valence electrons. The minimum atomic E-state index is -4.32. The van der Waals surface area contributed by atoms with E-state index in [0.29, 0.717) is 24.2 Å². The number of alkyl halides is 3. The lowest BCUT2D eigenvalue weighted by molar-refractivity contribution is -0.137. The van der Waals surface area contributed by atoms with E-state index < -0.39 is 11.7 Å². The second-order valence-corrected chi connectivity index (χ2v) is 7.38. The maximum atomic E-state index is 12.9. The Morgan fingerprint density at radius 1 is 1.03 bits per heavy atom.